The Morgan fingerprint density at radius 2 is 2.00 bits per heavy atom. The number of H-pyrrole nitrogens is 1. The molecule has 5 heteroatoms. The van der Waals surface area contributed by atoms with Crippen LogP contribution in [0.15, 0.2) is 21.4 Å². The van der Waals surface area contributed by atoms with Crippen LogP contribution in [0.3, 0.4) is 0 Å². The summed E-state index contributed by atoms with van der Waals surface area (Å²) in [4.78, 5) is 14.3. The van der Waals surface area contributed by atoms with E-state index in [1.54, 1.807) is 6.92 Å². The fraction of sp³-hybridized carbons (Fsp3) is 0.100. The second kappa shape index (κ2) is 3.41. The summed E-state index contributed by atoms with van der Waals surface area (Å²) in [7, 11) is 0. The van der Waals surface area contributed by atoms with Gasteiger partial charge in [0.1, 0.15) is 0 Å². The zero-order valence-corrected chi connectivity index (χ0v) is 9.28. The van der Waals surface area contributed by atoms with Gasteiger partial charge in [-0.2, -0.15) is 0 Å². The summed E-state index contributed by atoms with van der Waals surface area (Å²) >= 11 is 3.08. The fourth-order valence-corrected chi connectivity index (χ4v) is 1.71. The Balaban J connectivity index is 3.06. The zero-order chi connectivity index (χ0) is 11.2. The minimum absolute atomic E-state index is 0.0966. The van der Waals surface area contributed by atoms with Gasteiger partial charge in [0, 0.05) is 11.1 Å². The lowest BCUT2D eigenvalue weighted by Gasteiger charge is -2.04. The minimum Gasteiger partial charge on any atom is -0.355 e. The molecule has 1 aromatic carbocycles. The van der Waals surface area contributed by atoms with E-state index >= 15 is 0 Å². The first kappa shape index (κ1) is 10.3. The first-order chi connectivity index (χ1) is 7.02. The van der Waals surface area contributed by atoms with Crippen molar-refractivity contribution in [3.8, 4) is 0 Å². The average molecular weight is 274 g/mol. The Morgan fingerprint density at radius 3 is 2.67 bits per heavy atom. The van der Waals surface area contributed by atoms with E-state index < -0.39 is 11.6 Å². The summed E-state index contributed by atoms with van der Waals surface area (Å²) in [5, 5.41) is 0.131. The Kier molecular flexibility index (Phi) is 2.34. The lowest BCUT2D eigenvalue weighted by Crippen LogP contribution is -2.08. The SMILES string of the molecule is Cc1[nH]c2c(F)c(F)ccc2c(=O)c1Br. The molecule has 0 bridgehead atoms. The molecule has 1 N–H and O–H groups in total. The number of nitrogens with one attached hydrogen (secondary N) is 1. The first-order valence-corrected chi connectivity index (χ1v) is 4.97. The first-order valence-electron chi connectivity index (χ1n) is 4.18. The molecular weight excluding hydrogens is 268 g/mol. The molecule has 0 aliphatic rings. The van der Waals surface area contributed by atoms with Crippen LogP contribution >= 0.6 is 15.9 Å². The smallest absolute Gasteiger partial charge is 0.203 e. The molecule has 0 radical (unpaired) electrons. The second-order valence-electron chi connectivity index (χ2n) is 3.18. The summed E-state index contributed by atoms with van der Waals surface area (Å²) in [6.45, 7) is 1.61. The number of benzene rings is 1. The van der Waals surface area contributed by atoms with Crippen molar-refractivity contribution in [1.29, 1.82) is 0 Å². The van der Waals surface area contributed by atoms with Gasteiger partial charge in [-0.25, -0.2) is 8.78 Å². The topological polar surface area (TPSA) is 32.9 Å². The Hall–Kier alpha value is -1.23. The van der Waals surface area contributed by atoms with Crippen LogP contribution in [0.25, 0.3) is 10.9 Å². The van der Waals surface area contributed by atoms with Crippen molar-refractivity contribution < 1.29 is 8.78 Å². The van der Waals surface area contributed by atoms with Gasteiger partial charge in [-0.05, 0) is 35.0 Å². The number of hydrogen-bond donors (Lipinski definition) is 1. The van der Waals surface area contributed by atoms with Crippen LogP contribution in [0.2, 0.25) is 0 Å². The maximum atomic E-state index is 13.3. The predicted molar refractivity (Wildman–Crippen MR) is 56.9 cm³/mol. The van der Waals surface area contributed by atoms with Crippen molar-refractivity contribution in [2.24, 2.45) is 0 Å². The van der Waals surface area contributed by atoms with Gasteiger partial charge in [0.25, 0.3) is 0 Å². The quantitative estimate of drug-likeness (QED) is 0.787. The van der Waals surface area contributed by atoms with Gasteiger partial charge >= 0.3 is 0 Å². The third kappa shape index (κ3) is 1.47. The molecule has 2 nitrogen and oxygen atoms in total. The van der Waals surface area contributed by atoms with Gasteiger partial charge in [0.2, 0.25) is 5.43 Å². The highest BCUT2D eigenvalue weighted by molar-refractivity contribution is 9.10. The highest BCUT2D eigenvalue weighted by atomic mass is 79.9. The number of halogens is 3. The van der Waals surface area contributed by atoms with Crippen molar-refractivity contribution in [3.63, 3.8) is 0 Å². The summed E-state index contributed by atoms with van der Waals surface area (Å²) in [6, 6.07) is 2.20. The van der Waals surface area contributed by atoms with Crippen LogP contribution in [0, 0.1) is 18.6 Å². The van der Waals surface area contributed by atoms with Crippen LogP contribution in [0.1, 0.15) is 5.69 Å². The average Bonchev–Trinajstić information content (AvgIpc) is 2.21. The monoisotopic (exact) mass is 273 g/mol. The van der Waals surface area contributed by atoms with Crippen molar-refractivity contribution in [2.75, 3.05) is 0 Å². The van der Waals surface area contributed by atoms with Crippen LogP contribution in [0.4, 0.5) is 8.78 Å². The normalized spacial score (nSPS) is 10.9. The second-order valence-corrected chi connectivity index (χ2v) is 3.97. The number of aromatic nitrogens is 1. The van der Waals surface area contributed by atoms with E-state index in [1.165, 1.54) is 6.07 Å². The van der Waals surface area contributed by atoms with Gasteiger partial charge < -0.3 is 4.98 Å². The molecule has 15 heavy (non-hydrogen) atoms. The standard InChI is InChI=1S/C10H6BrF2NO/c1-4-7(11)10(15)5-2-3-6(12)8(13)9(5)14-4/h2-3H,1H3,(H,14,15). The summed E-state index contributed by atoms with van der Waals surface area (Å²) in [6.07, 6.45) is 0. The number of aryl methyl sites for hydroxylation is 1. The van der Waals surface area contributed by atoms with Crippen molar-refractivity contribution >= 4 is 26.8 Å². The van der Waals surface area contributed by atoms with Crippen LogP contribution < -0.4 is 5.43 Å². The van der Waals surface area contributed by atoms with E-state index in [1.807, 2.05) is 0 Å². The Morgan fingerprint density at radius 1 is 1.33 bits per heavy atom. The third-order valence-corrected chi connectivity index (χ3v) is 3.14. The molecule has 0 saturated heterocycles. The molecular formula is C10H6BrF2NO. The lowest BCUT2D eigenvalue weighted by molar-refractivity contribution is 0.515. The molecule has 0 saturated carbocycles. The molecule has 0 atom stereocenters. The summed E-state index contributed by atoms with van der Waals surface area (Å²) in [5.74, 6) is -2.00. The molecule has 0 aliphatic carbocycles. The minimum atomic E-state index is -1.03. The van der Waals surface area contributed by atoms with Crippen molar-refractivity contribution in [3.05, 3.63) is 44.2 Å². The molecule has 2 rings (SSSR count). The van der Waals surface area contributed by atoms with E-state index in [2.05, 4.69) is 20.9 Å². The van der Waals surface area contributed by atoms with Gasteiger partial charge in [0.05, 0.1) is 9.99 Å². The largest absolute Gasteiger partial charge is 0.355 e. The highest BCUT2D eigenvalue weighted by Gasteiger charge is 2.12. The fourth-order valence-electron chi connectivity index (χ4n) is 1.39. The lowest BCUT2D eigenvalue weighted by atomic mass is 10.2. The van der Waals surface area contributed by atoms with Gasteiger partial charge in [0.15, 0.2) is 11.6 Å². The molecule has 1 heterocycles. The van der Waals surface area contributed by atoms with Crippen molar-refractivity contribution in [2.45, 2.75) is 6.92 Å². The zero-order valence-electron chi connectivity index (χ0n) is 7.70. The molecule has 0 unspecified atom stereocenters. The van der Waals surface area contributed by atoms with Gasteiger partial charge in [-0.1, -0.05) is 0 Å². The Bertz CT molecular complexity index is 606. The van der Waals surface area contributed by atoms with Crippen molar-refractivity contribution in [1.82, 2.24) is 4.98 Å². The maximum absolute atomic E-state index is 13.3. The molecule has 78 valence electrons. The highest BCUT2D eigenvalue weighted by Crippen LogP contribution is 2.19. The number of rotatable bonds is 0. The number of fused-ring (bicyclic) bond motifs is 1. The maximum Gasteiger partial charge on any atom is 0.203 e. The summed E-state index contributed by atoms with van der Waals surface area (Å²) in [5.41, 5.74) is 0.0258. The van der Waals surface area contributed by atoms with E-state index in [0.29, 0.717) is 10.2 Å². The number of hydrogen-bond acceptors (Lipinski definition) is 1. The van der Waals surface area contributed by atoms with Crippen LogP contribution in [-0.4, -0.2) is 4.98 Å². The Labute approximate surface area is 92.1 Å². The van der Waals surface area contributed by atoms with Gasteiger partial charge in [-0.3, -0.25) is 4.79 Å². The van der Waals surface area contributed by atoms with E-state index in [9.17, 15) is 13.6 Å². The van der Waals surface area contributed by atoms with E-state index in [4.69, 9.17) is 0 Å². The van der Waals surface area contributed by atoms with E-state index in [-0.39, 0.29) is 16.3 Å². The summed E-state index contributed by atoms with van der Waals surface area (Å²) < 4.78 is 26.6. The van der Waals surface area contributed by atoms with Crippen LogP contribution in [0.5, 0.6) is 0 Å². The molecule has 0 fully saturated rings. The third-order valence-electron chi connectivity index (χ3n) is 2.18. The molecule has 0 aliphatic heterocycles. The van der Waals surface area contributed by atoms with Crippen LogP contribution in [-0.2, 0) is 0 Å². The number of pyridine rings is 1. The van der Waals surface area contributed by atoms with E-state index in [0.717, 1.165) is 6.07 Å². The number of aromatic amines is 1. The molecule has 0 spiro atoms. The molecule has 2 aromatic rings. The van der Waals surface area contributed by atoms with Gasteiger partial charge in [-0.15, -0.1) is 0 Å². The predicted octanol–water partition coefficient (Wildman–Crippen LogP) is 2.88. The molecule has 1 aromatic heterocycles. The molecule has 0 amide bonds.